The standard InChI is InChI=1S/C27H30N2O6/c1-34-18(14-24(30)29-17-10-12-27(29,13-11-17)25(31)32)15-28-26(33)35-16-23-21-8-4-2-6-19(21)20-7-3-5-9-22(20)23/h2-9,17-18,23H,10-16H2,1H3,(H,28,33)(H,31,32). The van der Waals surface area contributed by atoms with Crippen molar-refractivity contribution in [3.63, 3.8) is 0 Å². The molecule has 0 radical (unpaired) electrons. The molecule has 8 heteroatoms. The largest absolute Gasteiger partial charge is 0.479 e. The molecule has 3 aliphatic rings. The van der Waals surface area contributed by atoms with E-state index < -0.39 is 23.7 Å². The predicted octanol–water partition coefficient (Wildman–Crippen LogP) is 3.54. The zero-order valence-corrected chi connectivity index (χ0v) is 19.7. The van der Waals surface area contributed by atoms with Gasteiger partial charge in [-0.25, -0.2) is 9.59 Å². The molecule has 0 spiro atoms. The smallest absolute Gasteiger partial charge is 0.407 e. The molecule has 0 saturated carbocycles. The number of amides is 2. The number of aliphatic carboxylic acids is 1. The van der Waals surface area contributed by atoms with Gasteiger partial charge in [0.2, 0.25) is 5.91 Å². The van der Waals surface area contributed by atoms with E-state index in [2.05, 4.69) is 29.6 Å². The monoisotopic (exact) mass is 478 g/mol. The fourth-order valence-electron chi connectivity index (χ4n) is 6.07. The molecule has 2 N–H and O–H groups in total. The van der Waals surface area contributed by atoms with Crippen LogP contribution in [0.5, 0.6) is 0 Å². The number of fused-ring (bicyclic) bond motifs is 5. The summed E-state index contributed by atoms with van der Waals surface area (Å²) in [6, 6.07) is 16.2. The zero-order chi connectivity index (χ0) is 24.6. The molecule has 2 heterocycles. The third-order valence-electron chi connectivity index (χ3n) is 7.83. The fraction of sp³-hybridized carbons (Fsp3) is 0.444. The molecule has 2 aromatic rings. The van der Waals surface area contributed by atoms with Gasteiger partial charge in [-0.3, -0.25) is 4.79 Å². The van der Waals surface area contributed by atoms with Gasteiger partial charge in [0.15, 0.2) is 0 Å². The molecule has 1 atom stereocenters. The summed E-state index contributed by atoms with van der Waals surface area (Å²) in [4.78, 5) is 38.9. The SMILES string of the molecule is COC(CNC(=O)OCC1c2ccccc2-c2ccccc21)CC(=O)N1C2CCC1(C(=O)O)CC2. The molecular formula is C27H30N2O6. The van der Waals surface area contributed by atoms with E-state index >= 15 is 0 Å². The maximum absolute atomic E-state index is 13.0. The third kappa shape index (κ3) is 4.05. The number of benzene rings is 2. The Labute approximate surface area is 204 Å². The third-order valence-corrected chi connectivity index (χ3v) is 7.83. The highest BCUT2D eigenvalue weighted by Crippen LogP contribution is 2.47. The summed E-state index contributed by atoms with van der Waals surface area (Å²) in [6.45, 7) is 0.296. The van der Waals surface area contributed by atoms with Crippen LogP contribution in [0.2, 0.25) is 0 Å². The Bertz CT molecular complexity index is 1090. The molecule has 8 nitrogen and oxygen atoms in total. The van der Waals surface area contributed by atoms with Crippen LogP contribution in [0.3, 0.4) is 0 Å². The summed E-state index contributed by atoms with van der Waals surface area (Å²) in [6.07, 6.45) is 1.27. The molecular weight excluding hydrogens is 448 g/mol. The first kappa shape index (κ1) is 23.4. The van der Waals surface area contributed by atoms with Crippen molar-refractivity contribution in [3.8, 4) is 11.1 Å². The van der Waals surface area contributed by atoms with Crippen molar-refractivity contribution in [1.29, 1.82) is 0 Å². The van der Waals surface area contributed by atoms with Crippen molar-refractivity contribution in [2.24, 2.45) is 0 Å². The number of carboxylic acid groups (broad SMARTS) is 1. The van der Waals surface area contributed by atoms with Crippen molar-refractivity contribution >= 4 is 18.0 Å². The van der Waals surface area contributed by atoms with Gasteiger partial charge in [-0.05, 0) is 47.9 Å². The molecule has 2 saturated heterocycles. The minimum atomic E-state index is -1.08. The molecule has 1 aliphatic carbocycles. The van der Waals surface area contributed by atoms with Gasteiger partial charge in [0.1, 0.15) is 12.1 Å². The predicted molar refractivity (Wildman–Crippen MR) is 128 cm³/mol. The average molecular weight is 479 g/mol. The molecule has 2 aliphatic heterocycles. The van der Waals surface area contributed by atoms with Gasteiger partial charge in [-0.2, -0.15) is 0 Å². The van der Waals surface area contributed by atoms with Gasteiger partial charge in [-0.15, -0.1) is 0 Å². The van der Waals surface area contributed by atoms with Crippen molar-refractivity contribution < 1.29 is 29.0 Å². The highest BCUT2D eigenvalue weighted by atomic mass is 16.5. The summed E-state index contributed by atoms with van der Waals surface area (Å²) in [7, 11) is 1.48. The van der Waals surface area contributed by atoms with Crippen molar-refractivity contribution in [3.05, 3.63) is 59.7 Å². The minimum absolute atomic E-state index is 0.00564. The molecule has 35 heavy (non-hydrogen) atoms. The highest BCUT2D eigenvalue weighted by Gasteiger charge is 2.58. The summed E-state index contributed by atoms with van der Waals surface area (Å²) < 4.78 is 11.0. The molecule has 2 bridgehead atoms. The molecule has 5 rings (SSSR count). The first-order valence-electron chi connectivity index (χ1n) is 12.1. The van der Waals surface area contributed by atoms with E-state index in [1.807, 2.05) is 24.3 Å². The number of nitrogens with zero attached hydrogens (tertiary/aromatic N) is 1. The minimum Gasteiger partial charge on any atom is -0.479 e. The van der Waals surface area contributed by atoms with Gasteiger partial charge < -0.3 is 24.8 Å². The molecule has 0 aromatic heterocycles. The fourth-order valence-corrected chi connectivity index (χ4v) is 6.07. The second-order valence-electron chi connectivity index (χ2n) is 9.60. The maximum atomic E-state index is 13.0. The molecule has 1 unspecified atom stereocenters. The Morgan fingerprint density at radius 2 is 1.66 bits per heavy atom. The van der Waals surface area contributed by atoms with Gasteiger partial charge in [0.25, 0.3) is 0 Å². The number of carbonyl (C=O) groups is 3. The number of rotatable bonds is 8. The van der Waals surface area contributed by atoms with Crippen molar-refractivity contribution in [2.75, 3.05) is 20.3 Å². The maximum Gasteiger partial charge on any atom is 0.407 e. The Morgan fingerprint density at radius 1 is 1.06 bits per heavy atom. The van der Waals surface area contributed by atoms with Crippen molar-refractivity contribution in [1.82, 2.24) is 10.2 Å². The Hall–Kier alpha value is -3.39. The lowest BCUT2D eigenvalue weighted by molar-refractivity contribution is -0.156. The van der Waals surface area contributed by atoms with E-state index in [1.165, 1.54) is 7.11 Å². The van der Waals surface area contributed by atoms with Crippen LogP contribution in [0.4, 0.5) is 4.79 Å². The van der Waals surface area contributed by atoms with Crippen LogP contribution in [-0.2, 0) is 19.1 Å². The van der Waals surface area contributed by atoms with Crippen molar-refractivity contribution in [2.45, 2.75) is 55.7 Å². The highest BCUT2D eigenvalue weighted by molar-refractivity contribution is 5.89. The lowest BCUT2D eigenvalue weighted by atomic mass is 9.88. The first-order valence-corrected chi connectivity index (χ1v) is 12.1. The van der Waals surface area contributed by atoms with Crippen LogP contribution in [-0.4, -0.2) is 65.9 Å². The normalized spacial score (nSPS) is 23.0. The quantitative estimate of drug-likeness (QED) is 0.601. The lowest BCUT2D eigenvalue weighted by Crippen LogP contribution is -2.52. The summed E-state index contributed by atoms with van der Waals surface area (Å²) in [5.41, 5.74) is 3.50. The zero-order valence-electron chi connectivity index (χ0n) is 19.7. The van der Waals surface area contributed by atoms with E-state index in [0.29, 0.717) is 25.7 Å². The van der Waals surface area contributed by atoms with Crippen LogP contribution in [0.15, 0.2) is 48.5 Å². The molecule has 2 fully saturated rings. The number of ether oxygens (including phenoxy) is 2. The second kappa shape index (κ2) is 9.34. The van der Waals surface area contributed by atoms with E-state index in [0.717, 1.165) is 22.3 Å². The molecule has 2 amide bonds. The van der Waals surface area contributed by atoms with Crippen LogP contribution in [0.25, 0.3) is 11.1 Å². The van der Waals surface area contributed by atoms with Crippen LogP contribution >= 0.6 is 0 Å². The van der Waals surface area contributed by atoms with Crippen LogP contribution in [0.1, 0.15) is 49.1 Å². The van der Waals surface area contributed by atoms with Crippen LogP contribution in [0, 0.1) is 0 Å². The van der Waals surface area contributed by atoms with Gasteiger partial charge >= 0.3 is 12.1 Å². The topological polar surface area (TPSA) is 105 Å². The van der Waals surface area contributed by atoms with E-state index in [4.69, 9.17) is 9.47 Å². The second-order valence-corrected chi connectivity index (χ2v) is 9.60. The summed E-state index contributed by atoms with van der Waals surface area (Å²) >= 11 is 0. The number of nitrogens with one attached hydrogen (secondary N) is 1. The first-order chi connectivity index (χ1) is 16.9. The number of methoxy groups -OCH3 is 1. The number of carboxylic acids is 1. The molecule has 184 valence electrons. The number of alkyl carbamates (subject to hydrolysis) is 1. The number of hydrogen-bond acceptors (Lipinski definition) is 5. The Balaban J connectivity index is 1.16. The lowest BCUT2D eigenvalue weighted by Gasteiger charge is -2.32. The van der Waals surface area contributed by atoms with Crippen LogP contribution < -0.4 is 5.32 Å². The Morgan fingerprint density at radius 3 is 2.23 bits per heavy atom. The van der Waals surface area contributed by atoms with Gasteiger partial charge in [-0.1, -0.05) is 48.5 Å². The average Bonchev–Trinajstić information content (AvgIpc) is 3.54. The van der Waals surface area contributed by atoms with E-state index in [1.54, 1.807) is 4.90 Å². The number of carbonyl (C=O) groups excluding carboxylic acids is 2. The molecule has 2 aromatic carbocycles. The summed E-state index contributed by atoms with van der Waals surface area (Å²) in [5.74, 6) is -1.21. The van der Waals surface area contributed by atoms with Gasteiger partial charge in [0.05, 0.1) is 12.5 Å². The summed E-state index contributed by atoms with van der Waals surface area (Å²) in [5, 5.41) is 12.4. The number of hydrogen-bond donors (Lipinski definition) is 2. The Kier molecular flexibility index (Phi) is 6.23. The van der Waals surface area contributed by atoms with E-state index in [9.17, 15) is 19.5 Å². The van der Waals surface area contributed by atoms with Gasteiger partial charge in [0, 0.05) is 25.6 Å². The van der Waals surface area contributed by atoms with E-state index in [-0.39, 0.29) is 37.4 Å².